The van der Waals surface area contributed by atoms with Crippen molar-refractivity contribution in [2.75, 3.05) is 45.8 Å². The molecule has 0 aliphatic heterocycles. The lowest BCUT2D eigenvalue weighted by Crippen LogP contribution is -2.21. The molecule has 0 aliphatic carbocycles. The van der Waals surface area contributed by atoms with Crippen molar-refractivity contribution in [3.63, 3.8) is 0 Å². The van der Waals surface area contributed by atoms with Crippen LogP contribution in [0, 0.1) is 10.1 Å². The highest BCUT2D eigenvalue weighted by Gasteiger charge is 2.18. The predicted molar refractivity (Wildman–Crippen MR) is 77.5 cm³/mol. The molecule has 8 nitrogen and oxygen atoms in total. The van der Waals surface area contributed by atoms with E-state index >= 15 is 0 Å². The molecule has 1 amide bonds. The van der Waals surface area contributed by atoms with Gasteiger partial charge in [0.2, 0.25) is 0 Å². The normalized spacial score (nSPS) is 10.2. The Labute approximate surface area is 122 Å². The van der Waals surface area contributed by atoms with Crippen LogP contribution >= 0.6 is 0 Å². The molecule has 8 heteroatoms. The molecule has 0 saturated heterocycles. The highest BCUT2D eigenvalue weighted by Crippen LogP contribution is 2.25. The molecular weight excluding hydrogens is 278 g/mol. The van der Waals surface area contributed by atoms with Crippen LogP contribution in [-0.2, 0) is 4.74 Å². The molecule has 0 bridgehead atoms. The summed E-state index contributed by atoms with van der Waals surface area (Å²) in [6.45, 7) is 0.833. The number of aliphatic hydroxyl groups excluding tert-OH is 1. The summed E-state index contributed by atoms with van der Waals surface area (Å²) in [6, 6.07) is 4.28. The van der Waals surface area contributed by atoms with Gasteiger partial charge in [-0.05, 0) is 12.1 Å². The first-order valence-electron chi connectivity index (χ1n) is 6.40. The fourth-order valence-electron chi connectivity index (χ4n) is 1.65. The summed E-state index contributed by atoms with van der Waals surface area (Å²) >= 11 is 0. The number of benzene rings is 1. The number of ether oxygens (including phenoxy) is 1. The lowest BCUT2D eigenvalue weighted by Gasteiger charge is -2.12. The van der Waals surface area contributed by atoms with E-state index in [9.17, 15) is 14.9 Å². The van der Waals surface area contributed by atoms with Crippen LogP contribution < -0.4 is 5.32 Å². The molecule has 21 heavy (non-hydrogen) atoms. The average Bonchev–Trinajstić information content (AvgIpc) is 2.46. The standard InChI is InChI=1S/C13H19N3O5/c1-15(2)13(18)10-3-4-11(12(9-10)16(19)20)14-5-7-21-8-6-17/h3-4,9,14,17H,5-8H2,1-2H3. The number of amides is 1. The third kappa shape index (κ3) is 5.01. The van der Waals surface area contributed by atoms with Gasteiger partial charge in [-0.2, -0.15) is 0 Å². The molecule has 2 N–H and O–H groups in total. The number of nitrogens with zero attached hydrogens (tertiary/aromatic N) is 2. The molecule has 1 rings (SSSR count). The minimum Gasteiger partial charge on any atom is -0.394 e. The van der Waals surface area contributed by atoms with Crippen LogP contribution in [0.3, 0.4) is 0 Å². The monoisotopic (exact) mass is 297 g/mol. The molecule has 1 aromatic carbocycles. The summed E-state index contributed by atoms with van der Waals surface area (Å²) in [5.74, 6) is -0.295. The molecule has 0 aliphatic rings. The number of rotatable bonds is 8. The maximum atomic E-state index is 11.8. The molecule has 0 fully saturated rings. The van der Waals surface area contributed by atoms with Crippen LogP contribution in [0.5, 0.6) is 0 Å². The first-order valence-corrected chi connectivity index (χ1v) is 6.40. The van der Waals surface area contributed by atoms with Crippen molar-refractivity contribution in [3.8, 4) is 0 Å². The zero-order valence-corrected chi connectivity index (χ0v) is 12.0. The largest absolute Gasteiger partial charge is 0.394 e. The topological polar surface area (TPSA) is 105 Å². The number of nitrogens with one attached hydrogen (secondary N) is 1. The van der Waals surface area contributed by atoms with Crippen LogP contribution in [-0.4, -0.2) is 61.3 Å². The number of carbonyl (C=O) groups is 1. The Kier molecular flexibility index (Phi) is 6.57. The van der Waals surface area contributed by atoms with E-state index in [1.807, 2.05) is 0 Å². The average molecular weight is 297 g/mol. The summed E-state index contributed by atoms with van der Waals surface area (Å²) in [6.07, 6.45) is 0. The van der Waals surface area contributed by atoms with Crippen molar-refractivity contribution in [1.29, 1.82) is 0 Å². The summed E-state index contributed by atoms with van der Waals surface area (Å²) < 4.78 is 5.06. The van der Waals surface area contributed by atoms with Gasteiger partial charge in [0.05, 0.1) is 24.7 Å². The van der Waals surface area contributed by atoms with E-state index in [2.05, 4.69) is 5.32 Å². The second-order valence-corrected chi connectivity index (χ2v) is 4.45. The number of nitro groups is 1. The lowest BCUT2D eigenvalue weighted by molar-refractivity contribution is -0.384. The van der Waals surface area contributed by atoms with E-state index in [0.29, 0.717) is 18.8 Å². The first kappa shape index (κ1) is 16.9. The summed E-state index contributed by atoms with van der Waals surface area (Å²) in [5.41, 5.74) is 0.418. The Morgan fingerprint density at radius 2 is 2.14 bits per heavy atom. The molecule has 0 radical (unpaired) electrons. The van der Waals surface area contributed by atoms with Gasteiger partial charge < -0.3 is 20.1 Å². The van der Waals surface area contributed by atoms with E-state index in [0.717, 1.165) is 0 Å². The first-order chi connectivity index (χ1) is 9.97. The van der Waals surface area contributed by atoms with Crippen molar-refractivity contribution < 1.29 is 19.6 Å². The van der Waals surface area contributed by atoms with E-state index in [1.54, 1.807) is 14.1 Å². The Hall–Kier alpha value is -2.19. The smallest absolute Gasteiger partial charge is 0.293 e. The Morgan fingerprint density at radius 3 is 2.71 bits per heavy atom. The van der Waals surface area contributed by atoms with Gasteiger partial charge in [0.25, 0.3) is 11.6 Å². The highest BCUT2D eigenvalue weighted by atomic mass is 16.6. The van der Waals surface area contributed by atoms with Crippen molar-refractivity contribution in [3.05, 3.63) is 33.9 Å². The van der Waals surface area contributed by atoms with Crippen LogP contribution in [0.1, 0.15) is 10.4 Å². The number of carbonyl (C=O) groups excluding carboxylic acids is 1. The molecule has 116 valence electrons. The fourth-order valence-corrected chi connectivity index (χ4v) is 1.65. The van der Waals surface area contributed by atoms with Gasteiger partial charge in [-0.1, -0.05) is 0 Å². The molecule has 0 unspecified atom stereocenters. The molecule has 0 heterocycles. The van der Waals surface area contributed by atoms with Gasteiger partial charge in [0.1, 0.15) is 5.69 Å². The number of nitro benzene ring substituents is 1. The summed E-state index contributed by atoms with van der Waals surface area (Å²) in [4.78, 5) is 23.7. The molecule has 1 aromatic rings. The molecule has 0 saturated carbocycles. The minimum absolute atomic E-state index is 0.0680. The quantitative estimate of drug-likeness (QED) is 0.416. The maximum absolute atomic E-state index is 11.8. The Morgan fingerprint density at radius 1 is 1.43 bits per heavy atom. The lowest BCUT2D eigenvalue weighted by atomic mass is 10.1. The van der Waals surface area contributed by atoms with Gasteiger partial charge in [-0.15, -0.1) is 0 Å². The number of aliphatic hydroxyl groups is 1. The number of hydrogen-bond acceptors (Lipinski definition) is 6. The molecule has 0 atom stereocenters. The van der Waals surface area contributed by atoms with E-state index in [-0.39, 0.29) is 30.4 Å². The predicted octanol–water partition coefficient (Wildman–Crippen LogP) is 0.717. The van der Waals surface area contributed by atoms with E-state index < -0.39 is 4.92 Å². The van der Waals surface area contributed by atoms with Crippen LogP contribution in [0.25, 0.3) is 0 Å². The van der Waals surface area contributed by atoms with Gasteiger partial charge >= 0.3 is 0 Å². The van der Waals surface area contributed by atoms with Crippen LogP contribution in [0.15, 0.2) is 18.2 Å². The summed E-state index contributed by atoms with van der Waals surface area (Å²) in [5, 5.41) is 22.5. The van der Waals surface area contributed by atoms with Crippen LogP contribution in [0.2, 0.25) is 0 Å². The summed E-state index contributed by atoms with van der Waals surface area (Å²) in [7, 11) is 3.16. The molecule has 0 spiro atoms. The Balaban J connectivity index is 2.80. The van der Waals surface area contributed by atoms with E-state index in [1.165, 1.54) is 23.1 Å². The third-order valence-electron chi connectivity index (χ3n) is 2.65. The molecular formula is C13H19N3O5. The maximum Gasteiger partial charge on any atom is 0.293 e. The Bertz CT molecular complexity index is 505. The second kappa shape index (κ2) is 8.18. The number of hydrogen-bond donors (Lipinski definition) is 2. The second-order valence-electron chi connectivity index (χ2n) is 4.45. The van der Waals surface area contributed by atoms with Crippen molar-refractivity contribution in [2.24, 2.45) is 0 Å². The van der Waals surface area contributed by atoms with Crippen molar-refractivity contribution in [2.45, 2.75) is 0 Å². The van der Waals surface area contributed by atoms with Gasteiger partial charge in [0, 0.05) is 32.3 Å². The van der Waals surface area contributed by atoms with Crippen LogP contribution in [0.4, 0.5) is 11.4 Å². The zero-order chi connectivity index (χ0) is 15.8. The minimum atomic E-state index is -0.538. The van der Waals surface area contributed by atoms with Crippen molar-refractivity contribution in [1.82, 2.24) is 4.90 Å². The number of anilines is 1. The van der Waals surface area contributed by atoms with Crippen molar-refractivity contribution >= 4 is 17.3 Å². The van der Waals surface area contributed by atoms with Gasteiger partial charge in [-0.3, -0.25) is 14.9 Å². The SMILES string of the molecule is CN(C)C(=O)c1ccc(NCCOCCO)c([N+](=O)[O-])c1. The fraction of sp³-hybridized carbons (Fsp3) is 0.462. The highest BCUT2D eigenvalue weighted by molar-refractivity contribution is 5.95. The molecule has 0 aromatic heterocycles. The third-order valence-corrected chi connectivity index (χ3v) is 2.65. The van der Waals surface area contributed by atoms with E-state index in [4.69, 9.17) is 9.84 Å². The van der Waals surface area contributed by atoms with Gasteiger partial charge in [0.15, 0.2) is 0 Å². The zero-order valence-electron chi connectivity index (χ0n) is 12.0. The van der Waals surface area contributed by atoms with Gasteiger partial charge in [-0.25, -0.2) is 0 Å².